The van der Waals surface area contributed by atoms with Crippen LogP contribution in [0.15, 0.2) is 41.4 Å². The molecule has 0 bridgehead atoms. The number of ether oxygens (including phenoxy) is 1. The van der Waals surface area contributed by atoms with Crippen LogP contribution in [-0.4, -0.2) is 64.9 Å². The number of oxazole rings is 1. The van der Waals surface area contributed by atoms with E-state index in [1.165, 1.54) is 30.9 Å². The van der Waals surface area contributed by atoms with Crippen molar-refractivity contribution in [1.82, 2.24) is 19.8 Å². The Morgan fingerprint density at radius 1 is 1.14 bits per heavy atom. The Balaban J connectivity index is 1.29. The Kier molecular flexibility index (Phi) is 7.03. The molecule has 2 aromatic heterocycles. The van der Waals surface area contributed by atoms with Crippen LogP contribution in [0.5, 0.6) is 0 Å². The minimum atomic E-state index is 0.0106. The number of carbonyl (C=O) groups is 1. The molecule has 0 aromatic carbocycles. The fraction of sp³-hybridized carbons (Fsp3) is 0.591. The van der Waals surface area contributed by atoms with Crippen molar-refractivity contribution in [3.8, 4) is 0 Å². The molecule has 2 aliphatic heterocycles. The number of nitrogens with zero attached hydrogens (tertiary/aromatic N) is 4. The third-order valence-electron chi connectivity index (χ3n) is 6.06. The summed E-state index contributed by atoms with van der Waals surface area (Å²) in [5.74, 6) is 0.934. The summed E-state index contributed by atoms with van der Waals surface area (Å²) >= 11 is 0. The largest absolute Gasteiger partial charge is 0.442 e. The molecule has 2 aliphatic rings. The molecule has 0 amide bonds. The van der Waals surface area contributed by atoms with Gasteiger partial charge < -0.3 is 9.15 Å². The minimum absolute atomic E-state index is 0.0106. The minimum Gasteiger partial charge on any atom is -0.442 e. The number of hydrogen-bond acceptors (Lipinski definition) is 7. The molecule has 0 spiro atoms. The third-order valence-corrected chi connectivity index (χ3v) is 6.06. The van der Waals surface area contributed by atoms with E-state index in [0.29, 0.717) is 12.3 Å². The van der Waals surface area contributed by atoms with Crippen molar-refractivity contribution in [2.24, 2.45) is 5.92 Å². The van der Waals surface area contributed by atoms with E-state index < -0.39 is 0 Å². The van der Waals surface area contributed by atoms with E-state index in [1.54, 1.807) is 0 Å². The lowest BCUT2D eigenvalue weighted by Gasteiger charge is -2.44. The number of hydrogen-bond donors (Lipinski definition) is 0. The number of aromatic nitrogens is 2. The fourth-order valence-corrected chi connectivity index (χ4v) is 4.51. The van der Waals surface area contributed by atoms with Gasteiger partial charge in [-0.15, -0.1) is 0 Å². The highest BCUT2D eigenvalue weighted by molar-refractivity contribution is 5.91. The zero-order valence-electron chi connectivity index (χ0n) is 16.9. The summed E-state index contributed by atoms with van der Waals surface area (Å²) in [5, 5.41) is 0. The first kappa shape index (κ1) is 20.2. The first-order chi connectivity index (χ1) is 14.3. The number of rotatable bonds is 8. The molecule has 7 heteroatoms. The Bertz CT molecular complexity index is 739. The highest BCUT2D eigenvalue weighted by atomic mass is 16.5. The van der Waals surface area contributed by atoms with Gasteiger partial charge in [-0.25, -0.2) is 4.98 Å². The van der Waals surface area contributed by atoms with Crippen LogP contribution in [0.2, 0.25) is 0 Å². The van der Waals surface area contributed by atoms with Crippen LogP contribution in [-0.2, 0) is 4.74 Å². The number of likely N-dealkylation sites (tertiary alicyclic amines) is 1. The highest BCUT2D eigenvalue weighted by Gasteiger charge is 2.31. The molecule has 7 nitrogen and oxygen atoms in total. The Morgan fingerprint density at radius 3 is 2.62 bits per heavy atom. The number of morpholine rings is 1. The summed E-state index contributed by atoms with van der Waals surface area (Å²) in [6, 6.07) is 4.22. The molecule has 2 fully saturated rings. The van der Waals surface area contributed by atoms with E-state index in [-0.39, 0.29) is 17.8 Å². The third kappa shape index (κ3) is 5.29. The summed E-state index contributed by atoms with van der Waals surface area (Å²) < 4.78 is 10.7. The van der Waals surface area contributed by atoms with Crippen molar-refractivity contribution in [2.75, 3.05) is 39.4 Å². The normalized spacial score (nSPS) is 20.6. The lowest BCUT2D eigenvalue weighted by atomic mass is 9.90. The van der Waals surface area contributed by atoms with E-state index in [0.717, 1.165) is 52.2 Å². The topological polar surface area (TPSA) is 71.7 Å². The number of piperidine rings is 1. The average Bonchev–Trinajstić information content (AvgIpc) is 3.32. The van der Waals surface area contributed by atoms with Crippen molar-refractivity contribution < 1.29 is 13.9 Å². The molecule has 0 radical (unpaired) electrons. The predicted molar refractivity (Wildman–Crippen MR) is 108 cm³/mol. The second-order valence-corrected chi connectivity index (χ2v) is 7.94. The molecule has 1 unspecified atom stereocenters. The van der Waals surface area contributed by atoms with Gasteiger partial charge in [0.15, 0.2) is 0 Å². The van der Waals surface area contributed by atoms with E-state index in [4.69, 9.17) is 9.15 Å². The summed E-state index contributed by atoms with van der Waals surface area (Å²) in [6.45, 7) is 5.67. The van der Waals surface area contributed by atoms with Gasteiger partial charge in [-0.05, 0) is 37.7 Å². The summed E-state index contributed by atoms with van der Waals surface area (Å²) in [7, 11) is 0. The van der Waals surface area contributed by atoms with Gasteiger partial charge in [-0.3, -0.25) is 19.6 Å². The Hall–Kier alpha value is -2.09. The van der Waals surface area contributed by atoms with E-state index in [9.17, 15) is 4.79 Å². The predicted octanol–water partition coefficient (Wildman–Crippen LogP) is 3.17. The maximum atomic E-state index is 12.0. The molecular weight excluding hydrogens is 368 g/mol. The van der Waals surface area contributed by atoms with Gasteiger partial charge in [0.1, 0.15) is 6.26 Å². The van der Waals surface area contributed by atoms with Gasteiger partial charge >= 0.3 is 0 Å². The smallest absolute Gasteiger partial charge is 0.263 e. The second-order valence-electron chi connectivity index (χ2n) is 7.94. The van der Waals surface area contributed by atoms with E-state index in [1.807, 2.05) is 18.5 Å². The molecule has 0 saturated carbocycles. The SMILES string of the molecule is O=C(CCCC1CCN(C(c2cccnc2)N2CCOCC2)CC1)c1ncco1. The molecule has 29 heavy (non-hydrogen) atoms. The van der Waals surface area contributed by atoms with Crippen molar-refractivity contribution in [3.63, 3.8) is 0 Å². The van der Waals surface area contributed by atoms with Crippen LogP contribution < -0.4 is 0 Å². The van der Waals surface area contributed by atoms with E-state index >= 15 is 0 Å². The fourth-order valence-electron chi connectivity index (χ4n) is 4.51. The molecule has 4 rings (SSSR count). The lowest BCUT2D eigenvalue weighted by molar-refractivity contribution is -0.0450. The number of pyridine rings is 1. The maximum absolute atomic E-state index is 12.0. The van der Waals surface area contributed by atoms with Gasteiger partial charge in [0.2, 0.25) is 5.78 Å². The van der Waals surface area contributed by atoms with Crippen LogP contribution in [0.3, 0.4) is 0 Å². The molecule has 0 aliphatic carbocycles. The summed E-state index contributed by atoms with van der Waals surface area (Å²) in [4.78, 5) is 25.5. The van der Waals surface area contributed by atoms with Gasteiger partial charge in [0, 0.05) is 50.6 Å². The highest BCUT2D eigenvalue weighted by Crippen LogP contribution is 2.31. The molecule has 0 N–H and O–H groups in total. The molecule has 156 valence electrons. The molecular formula is C22H30N4O3. The average molecular weight is 399 g/mol. The maximum Gasteiger partial charge on any atom is 0.263 e. The Labute approximate surface area is 172 Å². The number of ketones is 1. The van der Waals surface area contributed by atoms with Crippen molar-refractivity contribution in [2.45, 2.75) is 38.3 Å². The molecule has 2 saturated heterocycles. The van der Waals surface area contributed by atoms with Gasteiger partial charge in [0.05, 0.1) is 25.6 Å². The van der Waals surface area contributed by atoms with Crippen molar-refractivity contribution >= 4 is 5.78 Å². The second kappa shape index (κ2) is 10.1. The van der Waals surface area contributed by atoms with Crippen LogP contribution in [0, 0.1) is 5.92 Å². The lowest BCUT2D eigenvalue weighted by Crippen LogP contribution is -2.49. The first-order valence-electron chi connectivity index (χ1n) is 10.7. The molecule has 4 heterocycles. The monoisotopic (exact) mass is 398 g/mol. The van der Waals surface area contributed by atoms with Crippen LogP contribution in [0.1, 0.15) is 54.5 Å². The van der Waals surface area contributed by atoms with E-state index in [2.05, 4.69) is 25.8 Å². The van der Waals surface area contributed by atoms with Crippen LogP contribution in [0.25, 0.3) is 0 Å². The van der Waals surface area contributed by atoms with Gasteiger partial charge in [-0.1, -0.05) is 6.07 Å². The quantitative estimate of drug-likeness (QED) is 0.633. The van der Waals surface area contributed by atoms with Crippen molar-refractivity contribution in [1.29, 1.82) is 0 Å². The zero-order chi connectivity index (χ0) is 19.9. The summed E-state index contributed by atoms with van der Waals surface area (Å²) in [6.07, 6.45) is 12.0. The van der Waals surface area contributed by atoms with Crippen molar-refractivity contribution in [3.05, 3.63) is 48.4 Å². The number of Topliss-reactive ketones (excluding diaryl/α,β-unsaturated/α-hetero) is 1. The molecule has 1 atom stereocenters. The summed E-state index contributed by atoms with van der Waals surface area (Å²) in [5.41, 5.74) is 1.27. The molecule has 2 aromatic rings. The van der Waals surface area contributed by atoms with Crippen LogP contribution >= 0.6 is 0 Å². The Morgan fingerprint density at radius 2 is 1.93 bits per heavy atom. The van der Waals surface area contributed by atoms with Crippen LogP contribution in [0.4, 0.5) is 0 Å². The van der Waals surface area contributed by atoms with Gasteiger partial charge in [-0.2, -0.15) is 0 Å². The zero-order valence-corrected chi connectivity index (χ0v) is 16.9. The van der Waals surface area contributed by atoms with Gasteiger partial charge in [0.25, 0.3) is 5.89 Å². The first-order valence-corrected chi connectivity index (χ1v) is 10.7. The standard InChI is InChI=1S/C22H30N4O3/c27-20(21-24-9-14-29-21)5-1-3-18-6-10-25(11-7-18)22(19-4-2-8-23-17-19)26-12-15-28-16-13-26/h2,4,8-9,14,17-18,22H,1,3,5-7,10-13,15-16H2. The number of carbonyl (C=O) groups excluding carboxylic acids is 1.